The Morgan fingerprint density at radius 1 is 1.06 bits per heavy atom. The molecule has 192 valence electrons. The van der Waals surface area contributed by atoms with Crippen LogP contribution < -0.4 is 4.72 Å². The molecule has 0 saturated carbocycles. The fourth-order valence-corrected chi connectivity index (χ4v) is 6.76. The van der Waals surface area contributed by atoms with Gasteiger partial charge in [0.25, 0.3) is 0 Å². The van der Waals surface area contributed by atoms with Gasteiger partial charge in [0.1, 0.15) is 22.7 Å². The molecule has 1 fully saturated rings. The van der Waals surface area contributed by atoms with E-state index in [2.05, 4.69) is 14.6 Å². The number of rotatable bonds is 9. The lowest BCUT2D eigenvalue weighted by Crippen LogP contribution is -2.37. The topological polar surface area (TPSA) is 71.5 Å². The van der Waals surface area contributed by atoms with Gasteiger partial charge < -0.3 is 9.46 Å². The first-order valence-electron chi connectivity index (χ1n) is 11.0. The quantitative estimate of drug-likeness (QED) is 0.263. The summed E-state index contributed by atoms with van der Waals surface area (Å²) in [5, 5.41) is -1.28. The third-order valence-electron chi connectivity index (χ3n) is 5.65. The van der Waals surface area contributed by atoms with Crippen LogP contribution in [0.2, 0.25) is 10.0 Å². The molecular formula is C24H23Cl2F2N3O3S2. The van der Waals surface area contributed by atoms with E-state index in [0.717, 1.165) is 43.6 Å². The van der Waals surface area contributed by atoms with Gasteiger partial charge in [-0.1, -0.05) is 35.1 Å². The van der Waals surface area contributed by atoms with Crippen molar-refractivity contribution >= 4 is 50.8 Å². The normalized spacial score (nSPS) is 15.6. The summed E-state index contributed by atoms with van der Waals surface area (Å²) in [5.74, 6) is -0.564. The van der Waals surface area contributed by atoms with Crippen molar-refractivity contribution < 1.29 is 21.9 Å². The van der Waals surface area contributed by atoms with Crippen LogP contribution in [0.5, 0.6) is 0 Å². The maximum atomic E-state index is 14.9. The van der Waals surface area contributed by atoms with Gasteiger partial charge in [-0.15, -0.1) is 0 Å². The van der Waals surface area contributed by atoms with Gasteiger partial charge in [0, 0.05) is 42.2 Å². The Kier molecular flexibility index (Phi) is 9.08. The van der Waals surface area contributed by atoms with E-state index in [1.54, 1.807) is 0 Å². The van der Waals surface area contributed by atoms with Gasteiger partial charge in [-0.2, -0.15) is 0 Å². The summed E-state index contributed by atoms with van der Waals surface area (Å²) in [6.07, 6.45) is 1.29. The maximum absolute atomic E-state index is 14.9. The van der Waals surface area contributed by atoms with Crippen LogP contribution in [0, 0.1) is 11.6 Å². The fourth-order valence-electron chi connectivity index (χ4n) is 3.81. The van der Waals surface area contributed by atoms with Gasteiger partial charge in [-0.3, -0.25) is 4.90 Å². The van der Waals surface area contributed by atoms with E-state index in [-0.39, 0.29) is 21.0 Å². The van der Waals surface area contributed by atoms with Crippen LogP contribution in [-0.4, -0.2) is 56.9 Å². The molecule has 0 bridgehead atoms. The first-order valence-corrected chi connectivity index (χ1v) is 14.3. The number of pyridine rings is 1. The lowest BCUT2D eigenvalue weighted by molar-refractivity contribution is 0.0410. The number of aromatic nitrogens is 1. The first-order chi connectivity index (χ1) is 17.3. The minimum Gasteiger partial charge on any atom is -0.379 e. The van der Waals surface area contributed by atoms with Gasteiger partial charge in [-0.25, -0.2) is 22.2 Å². The monoisotopic (exact) mass is 573 g/mol. The molecule has 1 N–H and O–H groups in total. The van der Waals surface area contributed by atoms with Crippen LogP contribution in [0.25, 0.3) is 0 Å². The van der Waals surface area contributed by atoms with E-state index in [0.29, 0.717) is 24.1 Å². The molecular weight excluding hydrogens is 551 g/mol. The van der Waals surface area contributed by atoms with Gasteiger partial charge in [-0.05, 0) is 54.1 Å². The summed E-state index contributed by atoms with van der Waals surface area (Å²) in [6.45, 7) is 3.99. The Labute approximate surface area is 223 Å². The van der Waals surface area contributed by atoms with Crippen molar-refractivity contribution in [3.63, 3.8) is 0 Å². The number of morpholine rings is 1. The van der Waals surface area contributed by atoms with Gasteiger partial charge in [0.2, 0.25) is 0 Å². The molecule has 3 aromatic rings. The number of benzene rings is 2. The molecule has 0 spiro atoms. The van der Waals surface area contributed by atoms with Crippen LogP contribution >= 0.6 is 35.1 Å². The smallest absolute Gasteiger partial charge is 0.189 e. The second-order valence-corrected chi connectivity index (χ2v) is 11.8. The standard InChI is InChI=1S/C24H23Cl2F2N3O3S2/c25-16-1-4-18(5-2-16)36(32,33)24(20-13-17(27)3-6-22(20)28)19-14-23(29-15-21(19)26)30-35-12-9-31-7-10-34-11-8-31/h1-6,13-15,24H,7-12H2,(H,29,30). The van der Waals surface area contributed by atoms with Crippen LogP contribution in [0.4, 0.5) is 14.6 Å². The first kappa shape index (κ1) is 27.1. The predicted molar refractivity (Wildman–Crippen MR) is 139 cm³/mol. The highest BCUT2D eigenvalue weighted by Gasteiger charge is 2.35. The summed E-state index contributed by atoms with van der Waals surface area (Å²) in [5.41, 5.74) is -0.286. The summed E-state index contributed by atoms with van der Waals surface area (Å²) in [6, 6.07) is 9.61. The third-order valence-corrected chi connectivity index (χ3v) is 9.02. The number of nitrogens with zero attached hydrogens (tertiary/aromatic N) is 2. The summed E-state index contributed by atoms with van der Waals surface area (Å²) >= 11 is 13.7. The van der Waals surface area contributed by atoms with Gasteiger partial charge >= 0.3 is 0 Å². The molecule has 1 saturated heterocycles. The molecule has 0 radical (unpaired) electrons. The summed E-state index contributed by atoms with van der Waals surface area (Å²) in [7, 11) is -4.27. The number of halogens is 4. The van der Waals surface area contributed by atoms with E-state index in [1.165, 1.54) is 48.5 Å². The number of anilines is 1. The average Bonchev–Trinajstić information content (AvgIpc) is 2.86. The second kappa shape index (κ2) is 12.1. The van der Waals surface area contributed by atoms with Crippen LogP contribution in [0.15, 0.2) is 59.6 Å². The Bertz CT molecular complexity index is 1310. The Morgan fingerprint density at radius 3 is 2.50 bits per heavy atom. The molecule has 2 aromatic carbocycles. The Hall–Kier alpha value is -1.95. The zero-order valence-electron chi connectivity index (χ0n) is 19.0. The Balaban J connectivity index is 1.66. The molecule has 0 amide bonds. The zero-order valence-corrected chi connectivity index (χ0v) is 22.1. The minimum absolute atomic E-state index is 0.00469. The largest absolute Gasteiger partial charge is 0.379 e. The lowest BCUT2D eigenvalue weighted by Gasteiger charge is -2.26. The van der Waals surface area contributed by atoms with Gasteiger partial charge in [0.05, 0.1) is 23.1 Å². The highest BCUT2D eigenvalue weighted by molar-refractivity contribution is 8.00. The summed E-state index contributed by atoms with van der Waals surface area (Å²) < 4.78 is 65.0. The third kappa shape index (κ3) is 6.48. The molecule has 12 heteroatoms. The van der Waals surface area contributed by atoms with Gasteiger partial charge in [0.15, 0.2) is 9.84 Å². The lowest BCUT2D eigenvalue weighted by atomic mass is 10.0. The summed E-state index contributed by atoms with van der Waals surface area (Å²) in [4.78, 5) is 6.40. The van der Waals surface area contributed by atoms with E-state index in [1.807, 2.05) is 0 Å². The Morgan fingerprint density at radius 2 is 1.78 bits per heavy atom. The van der Waals surface area contributed by atoms with Crippen LogP contribution in [0.1, 0.15) is 16.4 Å². The number of sulfone groups is 1. The van der Waals surface area contributed by atoms with E-state index in [9.17, 15) is 17.2 Å². The number of nitrogens with one attached hydrogen (secondary N) is 1. The average molecular weight is 575 g/mol. The fraction of sp³-hybridized carbons (Fsp3) is 0.292. The molecule has 0 aliphatic carbocycles. The van der Waals surface area contributed by atoms with Crippen molar-refractivity contribution in [1.82, 2.24) is 9.88 Å². The van der Waals surface area contributed by atoms with Crippen molar-refractivity contribution in [2.75, 3.05) is 43.3 Å². The molecule has 36 heavy (non-hydrogen) atoms. The molecule has 2 heterocycles. The molecule has 1 aliphatic rings. The number of hydrogen-bond donors (Lipinski definition) is 1. The van der Waals surface area contributed by atoms with Crippen molar-refractivity contribution in [1.29, 1.82) is 0 Å². The number of hydrogen-bond acceptors (Lipinski definition) is 7. The maximum Gasteiger partial charge on any atom is 0.189 e. The van der Waals surface area contributed by atoms with Crippen molar-refractivity contribution in [2.24, 2.45) is 0 Å². The van der Waals surface area contributed by atoms with Crippen molar-refractivity contribution in [2.45, 2.75) is 10.1 Å². The molecule has 1 atom stereocenters. The zero-order chi connectivity index (χ0) is 25.7. The van der Waals surface area contributed by atoms with E-state index < -0.39 is 26.7 Å². The van der Waals surface area contributed by atoms with Crippen molar-refractivity contribution in [3.05, 3.63) is 87.5 Å². The predicted octanol–water partition coefficient (Wildman–Crippen LogP) is 5.62. The molecule has 1 unspecified atom stereocenters. The van der Waals surface area contributed by atoms with E-state index in [4.69, 9.17) is 27.9 Å². The minimum atomic E-state index is -4.27. The highest BCUT2D eigenvalue weighted by atomic mass is 35.5. The number of ether oxygens (including phenoxy) is 1. The SMILES string of the molecule is O=S(=O)(c1ccc(Cl)cc1)C(c1cc(F)ccc1F)c1cc(NSCCN2CCOCC2)ncc1Cl. The highest BCUT2D eigenvalue weighted by Crippen LogP contribution is 2.40. The van der Waals surface area contributed by atoms with E-state index >= 15 is 0 Å². The van der Waals surface area contributed by atoms with Crippen LogP contribution in [0.3, 0.4) is 0 Å². The van der Waals surface area contributed by atoms with Crippen molar-refractivity contribution in [3.8, 4) is 0 Å². The molecule has 1 aliphatic heterocycles. The van der Waals surface area contributed by atoms with Crippen LogP contribution in [-0.2, 0) is 14.6 Å². The molecule has 6 nitrogen and oxygen atoms in total. The molecule has 4 rings (SSSR count). The second-order valence-electron chi connectivity index (χ2n) is 8.04. The molecule has 1 aromatic heterocycles.